The molecule has 0 saturated heterocycles. The summed E-state index contributed by atoms with van der Waals surface area (Å²) in [4.78, 5) is 25.5. The van der Waals surface area contributed by atoms with E-state index >= 15 is 0 Å². The number of aliphatic carboxylic acids is 1. The van der Waals surface area contributed by atoms with Crippen LogP contribution in [-0.4, -0.2) is 61.3 Å². The minimum absolute atomic E-state index is 0. The molecule has 10 nitrogen and oxygen atoms in total. The number of fused-ring (bicyclic) bond motifs is 1. The normalized spacial score (nSPS) is 14.4. The van der Waals surface area contributed by atoms with Gasteiger partial charge in [0.1, 0.15) is 0 Å². The second-order valence-electron chi connectivity index (χ2n) is 8.68. The summed E-state index contributed by atoms with van der Waals surface area (Å²) in [6, 6.07) is 17.2. The number of amides is 1. The number of hydrogen-bond donors (Lipinski definition) is 2. The summed E-state index contributed by atoms with van der Waals surface area (Å²) < 4.78 is 1.65. The number of benzene rings is 2. The fourth-order valence-electron chi connectivity index (χ4n) is 4.35. The summed E-state index contributed by atoms with van der Waals surface area (Å²) in [5.41, 5.74) is 3.37. The summed E-state index contributed by atoms with van der Waals surface area (Å²) in [6.45, 7) is 1.83. The maximum absolute atomic E-state index is 12.8. The zero-order valence-corrected chi connectivity index (χ0v) is 22.4. The zero-order valence-electron chi connectivity index (χ0n) is 20.4. The minimum Gasteiger partial charge on any atom is -0.550 e. The Bertz CT molecular complexity index is 1140. The number of carboxylic acids is 1. The van der Waals surface area contributed by atoms with Gasteiger partial charge in [-0.05, 0) is 40.0 Å². The summed E-state index contributed by atoms with van der Waals surface area (Å²) >= 11 is 0. The molecule has 0 aliphatic carbocycles. The average Bonchev–Trinajstić information content (AvgIpc) is 3.32. The summed E-state index contributed by atoms with van der Waals surface area (Å²) in [7, 11) is 0. The van der Waals surface area contributed by atoms with Crippen molar-refractivity contribution in [2.75, 3.05) is 13.1 Å². The van der Waals surface area contributed by atoms with Crippen molar-refractivity contribution in [2.45, 2.75) is 50.9 Å². The van der Waals surface area contributed by atoms with Crippen LogP contribution in [-0.2, 0) is 29.1 Å². The van der Waals surface area contributed by atoms with Crippen LogP contribution in [0.3, 0.4) is 0 Å². The molecule has 36 heavy (non-hydrogen) atoms. The predicted molar refractivity (Wildman–Crippen MR) is 125 cm³/mol. The van der Waals surface area contributed by atoms with Crippen molar-refractivity contribution in [1.29, 1.82) is 0 Å². The van der Waals surface area contributed by atoms with Gasteiger partial charge in [-0.25, -0.2) is 4.68 Å². The number of carbonyl (C=O) groups excluding carboxylic acids is 2. The topological polar surface area (TPSA) is 136 Å². The second-order valence-corrected chi connectivity index (χ2v) is 8.68. The number of hydrogen-bond acceptors (Lipinski definition) is 8. The minimum atomic E-state index is -1.32. The van der Waals surface area contributed by atoms with Crippen LogP contribution in [0.4, 0.5) is 0 Å². The van der Waals surface area contributed by atoms with Gasteiger partial charge in [0.15, 0.2) is 5.82 Å². The van der Waals surface area contributed by atoms with Gasteiger partial charge in [-0.15, -0.1) is 5.10 Å². The fourth-order valence-corrected chi connectivity index (χ4v) is 4.35. The summed E-state index contributed by atoms with van der Waals surface area (Å²) in [6.07, 6.45) is 0.248. The number of nitrogens with zero attached hydrogens (tertiary/aromatic N) is 5. The van der Waals surface area contributed by atoms with Crippen LogP contribution < -0.4 is 40.0 Å². The van der Waals surface area contributed by atoms with E-state index in [1.165, 1.54) is 11.1 Å². The molecule has 0 fully saturated rings. The van der Waals surface area contributed by atoms with E-state index in [4.69, 9.17) is 0 Å². The second kappa shape index (κ2) is 13.6. The number of tetrazole rings is 1. The first kappa shape index (κ1) is 27.9. The number of nitrogens with one attached hydrogen (secondary N) is 1. The Morgan fingerprint density at radius 2 is 1.81 bits per heavy atom. The molecule has 1 aliphatic heterocycles. The third-order valence-corrected chi connectivity index (χ3v) is 6.15. The van der Waals surface area contributed by atoms with Gasteiger partial charge < -0.3 is 25.2 Å². The molecule has 1 amide bonds. The fraction of sp³-hybridized carbons (Fsp3) is 0.400. The van der Waals surface area contributed by atoms with Gasteiger partial charge in [0.05, 0.1) is 12.1 Å². The van der Waals surface area contributed by atoms with Crippen molar-refractivity contribution >= 4 is 11.9 Å². The van der Waals surface area contributed by atoms with E-state index in [-0.39, 0.29) is 42.0 Å². The van der Waals surface area contributed by atoms with Crippen LogP contribution in [0.15, 0.2) is 54.6 Å². The molecular weight excluding hydrogens is 471 g/mol. The van der Waals surface area contributed by atoms with Crippen LogP contribution in [0, 0.1) is 0 Å². The van der Waals surface area contributed by atoms with Crippen LogP contribution in [0.25, 0.3) is 0 Å². The first-order valence-electron chi connectivity index (χ1n) is 11.8. The summed E-state index contributed by atoms with van der Waals surface area (Å²) in [5.74, 6) is -0.685. The van der Waals surface area contributed by atoms with Crippen molar-refractivity contribution in [3.63, 3.8) is 0 Å². The number of carboxylic acid groups (broad SMARTS) is 1. The molecule has 2 atom stereocenters. The number of aryl methyl sites for hydroxylation is 1. The van der Waals surface area contributed by atoms with Gasteiger partial charge in [0.2, 0.25) is 5.91 Å². The predicted octanol–water partition coefficient (Wildman–Crippen LogP) is -2.78. The third kappa shape index (κ3) is 7.44. The number of aliphatic hydroxyl groups excluding tert-OH is 1. The molecule has 2 aromatic carbocycles. The van der Waals surface area contributed by atoms with Gasteiger partial charge in [0.25, 0.3) is 0 Å². The molecule has 184 valence electrons. The van der Waals surface area contributed by atoms with E-state index in [2.05, 4.69) is 33.0 Å². The van der Waals surface area contributed by atoms with E-state index in [0.29, 0.717) is 31.8 Å². The Morgan fingerprint density at radius 1 is 1.08 bits per heavy atom. The molecule has 0 bridgehead atoms. The Hall–Kier alpha value is -2.63. The molecule has 0 radical (unpaired) electrons. The van der Waals surface area contributed by atoms with Gasteiger partial charge in [-0.3, -0.25) is 4.79 Å². The van der Waals surface area contributed by atoms with E-state index in [9.17, 15) is 19.8 Å². The molecule has 2 N–H and O–H groups in total. The maximum atomic E-state index is 12.8. The number of rotatable bonds is 11. The van der Waals surface area contributed by atoms with Gasteiger partial charge in [0, 0.05) is 45.0 Å². The third-order valence-electron chi connectivity index (χ3n) is 6.15. The van der Waals surface area contributed by atoms with Crippen LogP contribution in [0.1, 0.15) is 47.8 Å². The molecule has 2 unspecified atom stereocenters. The van der Waals surface area contributed by atoms with Gasteiger partial charge in [-0.2, -0.15) is 0 Å². The van der Waals surface area contributed by atoms with E-state index in [1.54, 1.807) is 4.68 Å². The van der Waals surface area contributed by atoms with Crippen molar-refractivity contribution < 1.29 is 49.4 Å². The first-order valence-corrected chi connectivity index (χ1v) is 11.8. The van der Waals surface area contributed by atoms with E-state index in [0.717, 1.165) is 18.5 Å². The average molecular weight is 501 g/mol. The molecular formula is C25H29N6NaO4. The maximum Gasteiger partial charge on any atom is 1.00 e. The summed E-state index contributed by atoms with van der Waals surface area (Å²) in [5, 5.41) is 36.0. The van der Waals surface area contributed by atoms with E-state index < -0.39 is 24.5 Å². The van der Waals surface area contributed by atoms with Crippen molar-refractivity contribution in [3.05, 3.63) is 77.1 Å². The molecule has 11 heteroatoms. The standard InChI is InChI=1S/C25H30N6O4.Na/c32-21(15-23(34)35)16-26-24(19-8-2-1-3-9-19)25-27-28-29-31(25)13-6-11-22(33)30-14-12-18-7-4-5-10-20(18)17-30;/h1-5,7-10,21,24,26,32H,6,11-17H2,(H,34,35);/q;+1/p-1. The zero-order chi connectivity index (χ0) is 24.6. The Balaban J connectivity index is 0.00000361. The SMILES string of the molecule is O=C([O-])CC(O)CNC(c1ccccc1)c1nnnn1CCCC(=O)N1CCc2ccccc2C1.[Na+]. The van der Waals surface area contributed by atoms with Crippen molar-refractivity contribution in [3.8, 4) is 0 Å². The number of carbonyl (C=O) groups is 2. The van der Waals surface area contributed by atoms with Crippen molar-refractivity contribution in [1.82, 2.24) is 30.4 Å². The molecule has 1 aliphatic rings. The van der Waals surface area contributed by atoms with Crippen LogP contribution >= 0.6 is 0 Å². The molecule has 0 saturated carbocycles. The van der Waals surface area contributed by atoms with Gasteiger partial charge >= 0.3 is 29.6 Å². The van der Waals surface area contributed by atoms with Gasteiger partial charge in [-0.1, -0.05) is 54.6 Å². The number of aromatic nitrogens is 4. The Morgan fingerprint density at radius 3 is 2.56 bits per heavy atom. The largest absolute Gasteiger partial charge is 1.00 e. The quantitative estimate of drug-likeness (QED) is 0.270. The molecule has 3 aromatic rings. The van der Waals surface area contributed by atoms with Crippen molar-refractivity contribution in [2.24, 2.45) is 0 Å². The monoisotopic (exact) mass is 500 g/mol. The first-order chi connectivity index (χ1) is 17.0. The smallest absolute Gasteiger partial charge is 0.550 e. The number of aliphatic hydroxyl groups is 1. The van der Waals surface area contributed by atoms with Crippen LogP contribution in [0.5, 0.6) is 0 Å². The molecule has 4 rings (SSSR count). The Kier molecular flexibility index (Phi) is 10.6. The molecule has 0 spiro atoms. The Labute approximate surface area is 232 Å². The van der Waals surface area contributed by atoms with E-state index in [1.807, 2.05) is 47.4 Å². The molecule has 1 aromatic heterocycles. The van der Waals surface area contributed by atoms with Crippen LogP contribution in [0.2, 0.25) is 0 Å². The molecule has 2 heterocycles.